The summed E-state index contributed by atoms with van der Waals surface area (Å²) in [6.07, 6.45) is 4.27. The smallest absolute Gasteiger partial charge is 0.306 e. The van der Waals surface area contributed by atoms with Crippen molar-refractivity contribution in [3.05, 3.63) is 35.9 Å². The van der Waals surface area contributed by atoms with Crippen LogP contribution in [0.25, 0.3) is 6.08 Å². The number of carboxylic acid groups (broad SMARTS) is 1. The zero-order chi connectivity index (χ0) is 15.4. The summed E-state index contributed by atoms with van der Waals surface area (Å²) < 4.78 is 0. The molecule has 0 saturated carbocycles. The van der Waals surface area contributed by atoms with E-state index >= 15 is 0 Å². The van der Waals surface area contributed by atoms with Gasteiger partial charge in [-0.15, -0.1) is 0 Å². The zero-order valence-corrected chi connectivity index (χ0v) is 12.0. The standard InChI is InChI=1S/C16H20N2O3/c1-11-9-13(16(20)21)7-8-18(11)15(19)6-5-12-3-2-4-14(17)10-12/h2-6,10-11,13H,7-9,17H2,1H3,(H,20,21)/b6-5+. The van der Waals surface area contributed by atoms with Crippen LogP contribution in [0.2, 0.25) is 0 Å². The molecule has 1 amide bonds. The maximum atomic E-state index is 12.2. The number of carbonyl (C=O) groups excluding carboxylic acids is 1. The minimum atomic E-state index is -0.774. The van der Waals surface area contributed by atoms with Crippen molar-refractivity contribution < 1.29 is 14.7 Å². The van der Waals surface area contributed by atoms with Crippen LogP contribution in [0.5, 0.6) is 0 Å². The molecule has 0 spiro atoms. The monoisotopic (exact) mass is 288 g/mol. The molecule has 112 valence electrons. The minimum absolute atomic E-state index is 0.0576. The lowest BCUT2D eigenvalue weighted by Gasteiger charge is -2.35. The largest absolute Gasteiger partial charge is 0.481 e. The first-order valence-corrected chi connectivity index (χ1v) is 7.04. The van der Waals surface area contributed by atoms with Crippen LogP contribution in [0, 0.1) is 5.92 Å². The van der Waals surface area contributed by atoms with Crippen LogP contribution >= 0.6 is 0 Å². The van der Waals surface area contributed by atoms with Crippen molar-refractivity contribution in [2.24, 2.45) is 5.92 Å². The van der Waals surface area contributed by atoms with Gasteiger partial charge in [0, 0.05) is 24.4 Å². The quantitative estimate of drug-likeness (QED) is 0.658. The average Bonchev–Trinajstić information content (AvgIpc) is 2.44. The molecule has 0 aromatic heterocycles. The zero-order valence-electron chi connectivity index (χ0n) is 12.0. The Morgan fingerprint density at radius 1 is 1.43 bits per heavy atom. The minimum Gasteiger partial charge on any atom is -0.481 e. The number of nitrogens with zero attached hydrogens (tertiary/aromatic N) is 1. The van der Waals surface area contributed by atoms with Crippen LogP contribution < -0.4 is 5.73 Å². The topological polar surface area (TPSA) is 83.6 Å². The number of aliphatic carboxylic acids is 1. The van der Waals surface area contributed by atoms with E-state index in [0.717, 1.165) is 5.56 Å². The Bertz CT molecular complexity index is 568. The molecule has 0 bridgehead atoms. The lowest BCUT2D eigenvalue weighted by Crippen LogP contribution is -2.45. The lowest BCUT2D eigenvalue weighted by atomic mass is 9.91. The number of nitrogen functional groups attached to an aromatic ring is 1. The molecule has 21 heavy (non-hydrogen) atoms. The van der Waals surface area contributed by atoms with E-state index in [1.165, 1.54) is 6.08 Å². The van der Waals surface area contributed by atoms with Gasteiger partial charge in [0.1, 0.15) is 0 Å². The number of benzene rings is 1. The Kier molecular flexibility index (Phi) is 4.62. The summed E-state index contributed by atoms with van der Waals surface area (Å²) in [6, 6.07) is 7.24. The molecular weight excluding hydrogens is 268 g/mol. The van der Waals surface area contributed by atoms with E-state index in [-0.39, 0.29) is 17.9 Å². The average molecular weight is 288 g/mol. The number of anilines is 1. The molecule has 2 unspecified atom stereocenters. The van der Waals surface area contributed by atoms with E-state index in [0.29, 0.717) is 25.1 Å². The highest BCUT2D eigenvalue weighted by molar-refractivity contribution is 5.92. The maximum Gasteiger partial charge on any atom is 0.306 e. The van der Waals surface area contributed by atoms with Crippen LogP contribution in [-0.2, 0) is 9.59 Å². The molecule has 1 heterocycles. The lowest BCUT2D eigenvalue weighted by molar-refractivity contribution is -0.146. The fourth-order valence-corrected chi connectivity index (χ4v) is 2.65. The third-order valence-electron chi connectivity index (χ3n) is 3.84. The molecule has 5 heteroatoms. The molecule has 0 aliphatic carbocycles. The van der Waals surface area contributed by atoms with Crippen molar-refractivity contribution in [3.8, 4) is 0 Å². The number of hydrogen-bond donors (Lipinski definition) is 2. The molecular formula is C16H20N2O3. The second-order valence-corrected chi connectivity index (χ2v) is 5.44. The SMILES string of the molecule is CC1CC(C(=O)O)CCN1C(=O)/C=C/c1cccc(N)c1. The fraction of sp³-hybridized carbons (Fsp3) is 0.375. The number of carboxylic acids is 1. The Balaban J connectivity index is 1.99. The van der Waals surface area contributed by atoms with Crippen LogP contribution in [0.1, 0.15) is 25.3 Å². The van der Waals surface area contributed by atoms with E-state index in [1.807, 2.05) is 19.1 Å². The van der Waals surface area contributed by atoms with Crippen LogP contribution in [-0.4, -0.2) is 34.5 Å². The van der Waals surface area contributed by atoms with Crippen molar-refractivity contribution in [1.82, 2.24) is 4.90 Å². The summed E-state index contributed by atoms with van der Waals surface area (Å²) in [5, 5.41) is 9.03. The summed E-state index contributed by atoms with van der Waals surface area (Å²) in [6.45, 7) is 2.37. The fourth-order valence-electron chi connectivity index (χ4n) is 2.65. The van der Waals surface area contributed by atoms with Crippen LogP contribution in [0.3, 0.4) is 0 Å². The van der Waals surface area contributed by atoms with Crippen molar-refractivity contribution in [2.45, 2.75) is 25.8 Å². The van der Waals surface area contributed by atoms with Crippen molar-refractivity contribution in [3.63, 3.8) is 0 Å². The number of piperidine rings is 1. The molecule has 1 aromatic rings. The highest BCUT2D eigenvalue weighted by atomic mass is 16.4. The van der Waals surface area contributed by atoms with Gasteiger partial charge in [-0.05, 0) is 43.5 Å². The van der Waals surface area contributed by atoms with Crippen molar-refractivity contribution in [1.29, 1.82) is 0 Å². The van der Waals surface area contributed by atoms with Gasteiger partial charge in [-0.2, -0.15) is 0 Å². The molecule has 1 aromatic carbocycles. The predicted octanol–water partition coefficient (Wildman–Crippen LogP) is 1.99. The summed E-state index contributed by atoms with van der Waals surface area (Å²) in [5.41, 5.74) is 7.21. The van der Waals surface area contributed by atoms with Gasteiger partial charge in [0.15, 0.2) is 0 Å². The van der Waals surface area contributed by atoms with Gasteiger partial charge in [-0.1, -0.05) is 12.1 Å². The molecule has 3 N–H and O–H groups in total. The molecule has 1 aliphatic heterocycles. The van der Waals surface area contributed by atoms with Crippen LogP contribution in [0.4, 0.5) is 5.69 Å². The van der Waals surface area contributed by atoms with Gasteiger partial charge in [-0.3, -0.25) is 9.59 Å². The number of hydrogen-bond acceptors (Lipinski definition) is 3. The highest BCUT2D eigenvalue weighted by Crippen LogP contribution is 2.23. The first-order valence-electron chi connectivity index (χ1n) is 7.04. The van der Waals surface area contributed by atoms with E-state index in [1.54, 1.807) is 23.1 Å². The first kappa shape index (κ1) is 15.1. The van der Waals surface area contributed by atoms with Crippen LogP contribution in [0.15, 0.2) is 30.3 Å². The third-order valence-corrected chi connectivity index (χ3v) is 3.84. The number of carbonyl (C=O) groups is 2. The van der Waals surface area contributed by atoms with E-state index < -0.39 is 5.97 Å². The third kappa shape index (κ3) is 3.84. The summed E-state index contributed by atoms with van der Waals surface area (Å²) in [7, 11) is 0. The Morgan fingerprint density at radius 3 is 2.81 bits per heavy atom. The second kappa shape index (κ2) is 6.43. The number of likely N-dealkylation sites (tertiary alicyclic amines) is 1. The van der Waals surface area contributed by atoms with Crippen molar-refractivity contribution in [2.75, 3.05) is 12.3 Å². The summed E-state index contributed by atoms with van der Waals surface area (Å²) >= 11 is 0. The van der Waals surface area contributed by atoms with Gasteiger partial charge in [0.05, 0.1) is 5.92 Å². The molecule has 1 aliphatic rings. The van der Waals surface area contributed by atoms with Gasteiger partial charge in [0.2, 0.25) is 5.91 Å². The van der Waals surface area contributed by atoms with Gasteiger partial charge < -0.3 is 15.7 Å². The maximum absolute atomic E-state index is 12.2. The molecule has 5 nitrogen and oxygen atoms in total. The second-order valence-electron chi connectivity index (χ2n) is 5.44. The highest BCUT2D eigenvalue weighted by Gasteiger charge is 2.31. The molecule has 1 saturated heterocycles. The Labute approximate surface area is 124 Å². The van der Waals surface area contributed by atoms with E-state index in [4.69, 9.17) is 10.8 Å². The van der Waals surface area contributed by atoms with Gasteiger partial charge in [-0.25, -0.2) is 0 Å². The van der Waals surface area contributed by atoms with E-state index in [9.17, 15) is 9.59 Å². The number of amides is 1. The molecule has 0 radical (unpaired) electrons. The first-order chi connectivity index (χ1) is 9.97. The summed E-state index contributed by atoms with van der Waals surface area (Å²) in [4.78, 5) is 24.9. The molecule has 2 atom stereocenters. The van der Waals surface area contributed by atoms with Crippen molar-refractivity contribution >= 4 is 23.6 Å². The number of rotatable bonds is 3. The molecule has 2 rings (SSSR count). The number of nitrogens with two attached hydrogens (primary N) is 1. The summed E-state index contributed by atoms with van der Waals surface area (Å²) in [5.74, 6) is -1.21. The Morgan fingerprint density at radius 2 is 2.19 bits per heavy atom. The van der Waals surface area contributed by atoms with E-state index in [2.05, 4.69) is 0 Å². The Hall–Kier alpha value is -2.30. The van der Waals surface area contributed by atoms with Gasteiger partial charge >= 0.3 is 5.97 Å². The predicted molar refractivity (Wildman–Crippen MR) is 81.4 cm³/mol. The molecule has 1 fully saturated rings. The van der Waals surface area contributed by atoms with Gasteiger partial charge in [0.25, 0.3) is 0 Å². The normalized spacial score (nSPS) is 22.4.